The Kier molecular flexibility index (Phi) is 8.69. The van der Waals surface area contributed by atoms with Crippen LogP contribution < -0.4 is 14.4 Å². The van der Waals surface area contributed by atoms with Gasteiger partial charge in [-0.25, -0.2) is 0 Å². The van der Waals surface area contributed by atoms with Crippen molar-refractivity contribution in [2.24, 2.45) is 0 Å². The summed E-state index contributed by atoms with van der Waals surface area (Å²) in [5.41, 5.74) is -3.20. The van der Waals surface area contributed by atoms with Crippen LogP contribution in [0.25, 0.3) is 0 Å². The van der Waals surface area contributed by atoms with E-state index in [1.165, 1.54) is 19.2 Å². The first-order valence-electron chi connectivity index (χ1n) is 10.7. The van der Waals surface area contributed by atoms with E-state index in [4.69, 9.17) is 32.7 Å². The minimum absolute atomic E-state index is 0.0675. The van der Waals surface area contributed by atoms with Crippen LogP contribution in [0.5, 0.6) is 11.5 Å². The molecule has 0 aliphatic rings. The van der Waals surface area contributed by atoms with Gasteiger partial charge >= 0.3 is 11.8 Å². The first-order valence-corrected chi connectivity index (χ1v) is 11.5. The highest BCUT2D eigenvalue weighted by atomic mass is 35.5. The second-order valence-corrected chi connectivity index (χ2v) is 8.50. The molecular weight excluding hydrogens is 532 g/mol. The van der Waals surface area contributed by atoms with Crippen molar-refractivity contribution >= 4 is 40.6 Å². The molecule has 0 spiro atoms. The number of rotatable bonds is 9. The first-order chi connectivity index (χ1) is 17.5. The van der Waals surface area contributed by atoms with E-state index >= 15 is 0 Å². The molecule has 37 heavy (non-hydrogen) atoms. The van der Waals surface area contributed by atoms with Gasteiger partial charge in [0.05, 0.1) is 22.2 Å². The molecule has 0 saturated heterocycles. The Morgan fingerprint density at radius 3 is 2.19 bits per heavy atom. The van der Waals surface area contributed by atoms with Crippen LogP contribution in [0.4, 0.5) is 18.9 Å². The number of hydrogen-bond donors (Lipinski definition) is 0. The Balaban J connectivity index is 1.86. The van der Waals surface area contributed by atoms with Crippen molar-refractivity contribution in [3.63, 3.8) is 0 Å². The summed E-state index contributed by atoms with van der Waals surface area (Å²) in [6.07, 6.45) is -5.10. The number of para-hydroxylation sites is 2. The van der Waals surface area contributed by atoms with Gasteiger partial charge < -0.3 is 14.4 Å². The smallest absolute Gasteiger partial charge is 0.416 e. The summed E-state index contributed by atoms with van der Waals surface area (Å²) in [5.74, 6) is -2.10. The van der Waals surface area contributed by atoms with Gasteiger partial charge in [-0.15, -0.1) is 0 Å². The van der Waals surface area contributed by atoms with Crippen molar-refractivity contribution < 1.29 is 32.2 Å². The van der Waals surface area contributed by atoms with Gasteiger partial charge in [-0.05, 0) is 42.5 Å². The quantitative estimate of drug-likeness (QED) is 0.290. The van der Waals surface area contributed by atoms with Crippen LogP contribution in [-0.4, -0.2) is 30.9 Å². The molecule has 0 saturated carbocycles. The lowest BCUT2D eigenvalue weighted by Gasteiger charge is -2.30. The number of ether oxygens (including phenoxy) is 2. The third-order valence-corrected chi connectivity index (χ3v) is 5.85. The molecule has 3 rings (SSSR count). The predicted molar refractivity (Wildman–Crippen MR) is 132 cm³/mol. The fraction of sp³-hybridized carbons (Fsp3) is 0.192. The molecule has 3 aromatic carbocycles. The van der Waals surface area contributed by atoms with Crippen molar-refractivity contribution in [2.75, 3.05) is 18.6 Å². The number of nitriles is 1. The second kappa shape index (κ2) is 11.5. The van der Waals surface area contributed by atoms with E-state index in [1.807, 2.05) is 0 Å². The van der Waals surface area contributed by atoms with Gasteiger partial charge in [-0.3, -0.25) is 9.59 Å². The summed E-state index contributed by atoms with van der Waals surface area (Å²) in [7, 11) is 1.38. The van der Waals surface area contributed by atoms with Crippen molar-refractivity contribution in [1.82, 2.24) is 0 Å². The molecule has 0 aliphatic carbocycles. The molecule has 0 aliphatic heterocycles. The number of alkyl halides is 3. The van der Waals surface area contributed by atoms with Crippen LogP contribution >= 0.6 is 23.2 Å². The molecule has 3 aromatic rings. The molecule has 1 atom stereocenters. The first kappa shape index (κ1) is 27.8. The Labute approximate surface area is 220 Å². The summed E-state index contributed by atoms with van der Waals surface area (Å²) >= 11 is 12.0. The highest BCUT2D eigenvalue weighted by molar-refractivity contribution is 6.32. The third kappa shape index (κ3) is 6.34. The summed E-state index contributed by atoms with van der Waals surface area (Å²) in [6, 6.07) is 18.5. The number of likely N-dealkylation sites (N-methyl/N-ethyl adjacent to an activating group) is 1. The normalized spacial score (nSPS) is 12.7. The standard InChI is InChI=1S/C26H19Cl2F3N2O4/c1-33(18-7-3-2-4-8-18)24(35)25(16-32,37-22-10-6-5-9-19(22)27)23(34)13-14-36-21-12-11-17(15-20(21)28)26(29,30)31/h2-12,15H,13-14H2,1H3. The van der Waals surface area contributed by atoms with Crippen molar-refractivity contribution in [2.45, 2.75) is 18.2 Å². The Morgan fingerprint density at radius 1 is 0.946 bits per heavy atom. The molecule has 0 heterocycles. The number of anilines is 1. The number of benzene rings is 3. The molecular formula is C26H19Cl2F3N2O4. The van der Waals surface area contributed by atoms with E-state index in [2.05, 4.69) is 0 Å². The largest absolute Gasteiger partial charge is 0.492 e. The number of Topliss-reactive ketones (excluding diaryl/α,β-unsaturated/α-hetero) is 1. The Hall–Kier alpha value is -3.74. The number of halogens is 5. The van der Waals surface area contributed by atoms with E-state index in [-0.39, 0.29) is 21.5 Å². The zero-order chi connectivity index (χ0) is 27.2. The van der Waals surface area contributed by atoms with Gasteiger partial charge in [-0.1, -0.05) is 53.5 Å². The molecule has 1 unspecified atom stereocenters. The predicted octanol–water partition coefficient (Wildman–Crippen LogP) is 6.35. The molecule has 0 N–H and O–H groups in total. The maximum Gasteiger partial charge on any atom is 0.416 e. The average Bonchev–Trinajstić information content (AvgIpc) is 2.88. The maximum atomic E-state index is 13.5. The van der Waals surface area contributed by atoms with Gasteiger partial charge in [0.15, 0.2) is 0 Å². The van der Waals surface area contributed by atoms with E-state index in [0.717, 1.165) is 17.0 Å². The van der Waals surface area contributed by atoms with E-state index in [9.17, 15) is 28.0 Å². The number of amides is 1. The molecule has 6 nitrogen and oxygen atoms in total. The highest BCUT2D eigenvalue weighted by Gasteiger charge is 2.51. The van der Waals surface area contributed by atoms with E-state index in [1.54, 1.807) is 48.5 Å². The SMILES string of the molecule is CN(C(=O)C(C#N)(Oc1ccccc1Cl)C(=O)CCOc1ccc(C(F)(F)F)cc1Cl)c1ccccc1. The Morgan fingerprint density at radius 2 is 1.59 bits per heavy atom. The fourth-order valence-electron chi connectivity index (χ4n) is 3.27. The van der Waals surface area contributed by atoms with Gasteiger partial charge in [0.2, 0.25) is 5.78 Å². The summed E-state index contributed by atoms with van der Waals surface area (Å²) in [4.78, 5) is 28.0. The summed E-state index contributed by atoms with van der Waals surface area (Å²) in [5, 5.41) is 9.83. The zero-order valence-electron chi connectivity index (χ0n) is 19.3. The van der Waals surface area contributed by atoms with Crippen molar-refractivity contribution in [1.29, 1.82) is 5.26 Å². The van der Waals surface area contributed by atoms with Crippen molar-refractivity contribution in [3.8, 4) is 17.6 Å². The van der Waals surface area contributed by atoms with Gasteiger partial charge in [0.25, 0.3) is 5.91 Å². The summed E-state index contributed by atoms with van der Waals surface area (Å²) in [6.45, 7) is -0.401. The maximum absolute atomic E-state index is 13.5. The topological polar surface area (TPSA) is 79.6 Å². The van der Waals surface area contributed by atoms with Crippen LogP contribution in [0, 0.1) is 11.3 Å². The third-order valence-electron chi connectivity index (χ3n) is 5.25. The number of hydrogen-bond acceptors (Lipinski definition) is 5. The van der Waals surface area contributed by atoms with Crippen LogP contribution in [0.1, 0.15) is 12.0 Å². The fourth-order valence-corrected chi connectivity index (χ4v) is 3.68. The van der Waals surface area contributed by atoms with E-state index < -0.39 is 42.1 Å². The molecule has 11 heteroatoms. The molecule has 1 amide bonds. The molecule has 192 valence electrons. The van der Waals surface area contributed by atoms with Crippen molar-refractivity contribution in [3.05, 3.63) is 88.4 Å². The van der Waals surface area contributed by atoms with Crippen LogP contribution in [0.3, 0.4) is 0 Å². The van der Waals surface area contributed by atoms with E-state index in [0.29, 0.717) is 11.8 Å². The highest BCUT2D eigenvalue weighted by Crippen LogP contribution is 2.35. The Bertz CT molecular complexity index is 1330. The van der Waals surface area contributed by atoms with Gasteiger partial charge in [0.1, 0.15) is 17.6 Å². The van der Waals surface area contributed by atoms with Crippen LogP contribution in [0.2, 0.25) is 10.0 Å². The molecule has 0 fully saturated rings. The van der Waals surface area contributed by atoms with Gasteiger partial charge in [-0.2, -0.15) is 18.4 Å². The lowest BCUT2D eigenvalue weighted by molar-refractivity contribution is -0.142. The minimum atomic E-state index is -4.59. The molecule has 0 bridgehead atoms. The molecule has 0 radical (unpaired) electrons. The number of carbonyl (C=O) groups is 2. The lowest BCUT2D eigenvalue weighted by atomic mass is 9.95. The minimum Gasteiger partial charge on any atom is -0.492 e. The van der Waals surface area contributed by atoms with Crippen LogP contribution in [0.15, 0.2) is 72.8 Å². The second-order valence-electron chi connectivity index (χ2n) is 7.69. The summed E-state index contributed by atoms with van der Waals surface area (Å²) < 4.78 is 49.7. The monoisotopic (exact) mass is 550 g/mol. The zero-order valence-corrected chi connectivity index (χ0v) is 20.8. The van der Waals surface area contributed by atoms with Gasteiger partial charge in [0, 0.05) is 19.2 Å². The number of nitrogens with zero attached hydrogens (tertiary/aromatic N) is 2. The molecule has 0 aromatic heterocycles. The van der Waals surface area contributed by atoms with Crippen LogP contribution in [-0.2, 0) is 15.8 Å². The number of carbonyl (C=O) groups excluding carboxylic acids is 2. The lowest BCUT2D eigenvalue weighted by Crippen LogP contribution is -2.57. The number of ketones is 1. The average molecular weight is 551 g/mol.